The lowest BCUT2D eigenvalue weighted by molar-refractivity contribution is 0.596. The standard InChI is InChI=1S/C61H37N5O2S/c62-38-39-16-15-21-44(34-39)69(67,68)45-36-42(63-54-28-13-9-24-50(54)58-56(63)32-30-48-46-22-7-11-26-52(46)65(60(48)58)40-17-3-1-4-18-40)35-43(37-45)64-55-29-14-10-25-51(55)59-57(64)33-31-49-47-23-8-12-27-53(47)66(61(49)59)41-19-5-2-6-20-41/h1-37H. The van der Waals surface area contributed by atoms with E-state index >= 15 is 8.42 Å². The molecule has 0 bridgehead atoms. The minimum atomic E-state index is -4.19. The summed E-state index contributed by atoms with van der Waals surface area (Å²) in [5.41, 5.74) is 11.8. The number of sulfone groups is 1. The number of hydrogen-bond acceptors (Lipinski definition) is 3. The molecule has 8 heteroatoms. The molecular weight excluding hydrogens is 867 g/mol. The average molecular weight is 904 g/mol. The molecule has 324 valence electrons. The van der Waals surface area contributed by atoms with Crippen molar-refractivity contribution in [1.29, 1.82) is 5.26 Å². The van der Waals surface area contributed by atoms with Crippen LogP contribution in [-0.4, -0.2) is 26.7 Å². The number of rotatable bonds is 6. The molecule has 4 aromatic heterocycles. The van der Waals surface area contributed by atoms with Crippen LogP contribution in [0.1, 0.15) is 5.56 Å². The van der Waals surface area contributed by atoms with E-state index in [1.54, 1.807) is 30.3 Å². The van der Waals surface area contributed by atoms with Crippen molar-refractivity contribution in [3.05, 3.63) is 230 Å². The maximum atomic E-state index is 15.2. The summed E-state index contributed by atoms with van der Waals surface area (Å²) in [4.78, 5) is 0.165. The molecule has 0 spiro atoms. The molecule has 0 radical (unpaired) electrons. The highest BCUT2D eigenvalue weighted by Gasteiger charge is 2.27. The van der Waals surface area contributed by atoms with Gasteiger partial charge in [-0.05, 0) is 97.1 Å². The normalized spacial score (nSPS) is 12.2. The zero-order valence-corrected chi connectivity index (χ0v) is 37.6. The third kappa shape index (κ3) is 5.56. The SMILES string of the molecule is N#Cc1cccc(S(=O)(=O)c2cc(-n3c4ccccc4c4c3ccc3c5ccccc5n(-c5ccccc5)c34)cc(-n3c4ccccc4c4c3ccc3c5ccccc5n(-c5ccccc5)c34)c2)c1. The van der Waals surface area contributed by atoms with Crippen LogP contribution in [0.5, 0.6) is 0 Å². The van der Waals surface area contributed by atoms with Crippen molar-refractivity contribution in [1.82, 2.24) is 18.3 Å². The molecule has 0 fully saturated rings. The Hall–Kier alpha value is -9.16. The van der Waals surface area contributed by atoms with Gasteiger partial charge in [-0.3, -0.25) is 0 Å². The van der Waals surface area contributed by atoms with E-state index in [9.17, 15) is 5.26 Å². The van der Waals surface area contributed by atoms with Gasteiger partial charge in [-0.15, -0.1) is 0 Å². The Balaban J connectivity index is 1.12. The van der Waals surface area contributed by atoms with Crippen LogP contribution in [0.25, 0.3) is 110 Å². The molecule has 0 aliphatic carbocycles. The van der Waals surface area contributed by atoms with Crippen molar-refractivity contribution in [2.24, 2.45) is 0 Å². The van der Waals surface area contributed by atoms with Crippen LogP contribution in [0.2, 0.25) is 0 Å². The number of nitrogens with zero attached hydrogens (tertiary/aromatic N) is 5. The fraction of sp³-hybridized carbons (Fsp3) is 0. The van der Waals surface area contributed by atoms with E-state index in [0.29, 0.717) is 11.4 Å². The molecule has 0 saturated carbocycles. The maximum Gasteiger partial charge on any atom is 0.206 e. The minimum Gasteiger partial charge on any atom is -0.309 e. The summed E-state index contributed by atoms with van der Waals surface area (Å²) in [5.74, 6) is 0. The van der Waals surface area contributed by atoms with E-state index < -0.39 is 9.84 Å². The molecule has 0 aliphatic heterocycles. The van der Waals surface area contributed by atoms with Gasteiger partial charge in [0, 0.05) is 65.8 Å². The lowest BCUT2D eigenvalue weighted by Crippen LogP contribution is -2.07. The fourth-order valence-electron chi connectivity index (χ4n) is 11.1. The van der Waals surface area contributed by atoms with E-state index in [1.165, 1.54) is 6.07 Å². The number of fused-ring (bicyclic) bond motifs is 14. The summed E-state index contributed by atoms with van der Waals surface area (Å²) < 4.78 is 39.6. The predicted molar refractivity (Wildman–Crippen MR) is 280 cm³/mol. The van der Waals surface area contributed by atoms with E-state index in [4.69, 9.17) is 0 Å². The molecule has 7 nitrogen and oxygen atoms in total. The van der Waals surface area contributed by atoms with Crippen molar-refractivity contribution in [2.75, 3.05) is 0 Å². The highest BCUT2D eigenvalue weighted by Crippen LogP contribution is 2.45. The fourth-order valence-corrected chi connectivity index (χ4v) is 12.5. The largest absolute Gasteiger partial charge is 0.309 e. The third-order valence-electron chi connectivity index (χ3n) is 13.9. The first-order valence-corrected chi connectivity index (χ1v) is 24.4. The Morgan fingerprint density at radius 3 is 1.20 bits per heavy atom. The van der Waals surface area contributed by atoms with E-state index in [0.717, 1.165) is 98.6 Å². The Bertz CT molecular complexity index is 4380. The van der Waals surface area contributed by atoms with Crippen LogP contribution < -0.4 is 0 Å². The van der Waals surface area contributed by atoms with Crippen molar-refractivity contribution in [3.8, 4) is 28.8 Å². The Kier molecular flexibility index (Phi) is 8.30. The van der Waals surface area contributed by atoms with Crippen LogP contribution >= 0.6 is 0 Å². The second kappa shape index (κ2) is 14.7. The monoisotopic (exact) mass is 903 g/mol. The molecule has 10 aromatic carbocycles. The zero-order valence-electron chi connectivity index (χ0n) is 36.8. The summed E-state index contributed by atoms with van der Waals surface area (Å²) in [6.45, 7) is 0. The summed E-state index contributed by atoms with van der Waals surface area (Å²) in [6, 6.07) is 77.7. The van der Waals surface area contributed by atoms with E-state index in [-0.39, 0.29) is 15.4 Å². The summed E-state index contributed by atoms with van der Waals surface area (Å²) in [7, 11) is -4.19. The maximum absolute atomic E-state index is 15.2. The Morgan fingerprint density at radius 1 is 0.319 bits per heavy atom. The molecule has 0 unspecified atom stereocenters. The second-order valence-electron chi connectivity index (χ2n) is 17.6. The van der Waals surface area contributed by atoms with Gasteiger partial charge in [0.25, 0.3) is 0 Å². The zero-order chi connectivity index (χ0) is 46.0. The first-order chi connectivity index (χ1) is 34.0. The second-order valence-corrected chi connectivity index (χ2v) is 19.6. The number of hydrogen-bond donors (Lipinski definition) is 0. The quantitative estimate of drug-likeness (QED) is 0.167. The van der Waals surface area contributed by atoms with Crippen molar-refractivity contribution in [2.45, 2.75) is 9.79 Å². The topological polar surface area (TPSA) is 77.7 Å². The summed E-state index contributed by atoms with van der Waals surface area (Å²) in [5, 5.41) is 18.7. The molecule has 0 saturated heterocycles. The highest BCUT2D eigenvalue weighted by atomic mass is 32.2. The summed E-state index contributed by atoms with van der Waals surface area (Å²) in [6.07, 6.45) is 0. The van der Waals surface area contributed by atoms with Gasteiger partial charge >= 0.3 is 0 Å². The Morgan fingerprint density at radius 2 is 0.739 bits per heavy atom. The minimum absolute atomic E-state index is 0.0530. The van der Waals surface area contributed by atoms with Gasteiger partial charge in [0.2, 0.25) is 9.84 Å². The lowest BCUT2D eigenvalue weighted by Gasteiger charge is -2.16. The molecule has 14 rings (SSSR count). The van der Waals surface area contributed by atoms with Crippen LogP contribution in [0.15, 0.2) is 234 Å². The molecule has 69 heavy (non-hydrogen) atoms. The van der Waals surface area contributed by atoms with E-state index in [1.807, 2.05) is 24.3 Å². The molecule has 0 aliphatic rings. The van der Waals surface area contributed by atoms with Gasteiger partial charge in [-0.1, -0.05) is 127 Å². The number of para-hydroxylation sites is 6. The van der Waals surface area contributed by atoms with Gasteiger partial charge in [0.15, 0.2) is 0 Å². The lowest BCUT2D eigenvalue weighted by atomic mass is 10.1. The van der Waals surface area contributed by atoms with Crippen LogP contribution in [0.4, 0.5) is 0 Å². The Labute approximate surface area is 395 Å². The molecule has 4 heterocycles. The van der Waals surface area contributed by atoms with Gasteiger partial charge < -0.3 is 18.3 Å². The molecular formula is C61H37N5O2S. The van der Waals surface area contributed by atoms with Crippen molar-refractivity contribution in [3.63, 3.8) is 0 Å². The summed E-state index contributed by atoms with van der Waals surface area (Å²) >= 11 is 0. The first-order valence-electron chi connectivity index (χ1n) is 22.9. The van der Waals surface area contributed by atoms with Crippen LogP contribution in [-0.2, 0) is 9.84 Å². The van der Waals surface area contributed by atoms with Gasteiger partial charge in [0.05, 0.1) is 65.6 Å². The average Bonchev–Trinajstić information content (AvgIpc) is 4.14. The van der Waals surface area contributed by atoms with E-state index in [2.05, 4.69) is 188 Å². The number of benzene rings is 10. The smallest absolute Gasteiger partial charge is 0.206 e. The molecule has 0 N–H and O–H groups in total. The van der Waals surface area contributed by atoms with Gasteiger partial charge in [-0.25, -0.2) is 8.42 Å². The molecule has 14 aromatic rings. The molecule has 0 amide bonds. The van der Waals surface area contributed by atoms with Gasteiger partial charge in [0.1, 0.15) is 0 Å². The predicted octanol–water partition coefficient (Wildman–Crippen LogP) is 14.8. The molecule has 0 atom stereocenters. The first kappa shape index (κ1) is 39.0. The third-order valence-corrected chi connectivity index (χ3v) is 15.7. The number of aromatic nitrogens is 4. The van der Waals surface area contributed by atoms with Crippen molar-refractivity contribution >= 4 is 97.1 Å². The van der Waals surface area contributed by atoms with Crippen LogP contribution in [0.3, 0.4) is 0 Å². The highest BCUT2D eigenvalue weighted by molar-refractivity contribution is 7.91. The number of nitriles is 1. The van der Waals surface area contributed by atoms with Gasteiger partial charge in [-0.2, -0.15) is 5.26 Å². The van der Waals surface area contributed by atoms with Crippen LogP contribution in [0, 0.1) is 11.3 Å². The van der Waals surface area contributed by atoms with Crippen molar-refractivity contribution < 1.29 is 8.42 Å².